The van der Waals surface area contributed by atoms with Crippen molar-refractivity contribution in [1.29, 1.82) is 0 Å². The van der Waals surface area contributed by atoms with Gasteiger partial charge >= 0.3 is 0 Å². The number of aryl methyl sites for hydroxylation is 2. The zero-order chi connectivity index (χ0) is 19.9. The molecule has 2 aromatic carbocycles. The normalized spacial score (nSPS) is 14.4. The van der Waals surface area contributed by atoms with Crippen LogP contribution < -0.4 is 14.8 Å². The zero-order valence-corrected chi connectivity index (χ0v) is 17.0. The molecule has 3 rings (SSSR count). The molecule has 0 saturated carbocycles. The fraction of sp³-hybridized carbons (Fsp3) is 0.375. The van der Waals surface area contributed by atoms with Gasteiger partial charge in [-0.25, -0.2) is 0 Å². The number of carbonyl (C=O) groups excluding carboxylic acids is 1. The molecule has 1 aliphatic carbocycles. The summed E-state index contributed by atoms with van der Waals surface area (Å²) >= 11 is 0. The highest BCUT2D eigenvalue weighted by atomic mass is 16.5. The van der Waals surface area contributed by atoms with Gasteiger partial charge in [0.2, 0.25) is 5.91 Å². The van der Waals surface area contributed by atoms with Crippen molar-refractivity contribution in [2.75, 3.05) is 14.2 Å². The van der Waals surface area contributed by atoms with E-state index in [2.05, 4.69) is 30.4 Å². The van der Waals surface area contributed by atoms with E-state index in [1.807, 2.05) is 18.2 Å². The largest absolute Gasteiger partial charge is 0.493 e. The van der Waals surface area contributed by atoms with E-state index < -0.39 is 0 Å². The lowest BCUT2D eigenvalue weighted by Crippen LogP contribution is -2.26. The minimum atomic E-state index is -0.0978. The number of benzene rings is 2. The molecule has 0 heterocycles. The summed E-state index contributed by atoms with van der Waals surface area (Å²) in [5.74, 6) is 1.22. The van der Waals surface area contributed by atoms with Gasteiger partial charge in [-0.1, -0.05) is 31.2 Å². The molecule has 0 radical (unpaired) electrons. The van der Waals surface area contributed by atoms with Crippen LogP contribution in [0.1, 0.15) is 54.5 Å². The van der Waals surface area contributed by atoms with E-state index in [0.717, 1.165) is 18.4 Å². The Morgan fingerprint density at radius 3 is 2.50 bits per heavy atom. The Hall–Kier alpha value is -2.75. The van der Waals surface area contributed by atoms with Crippen LogP contribution in [0.2, 0.25) is 0 Å². The maximum Gasteiger partial charge on any atom is 0.244 e. The molecular weight excluding hydrogens is 350 g/mol. The molecule has 148 valence electrons. The van der Waals surface area contributed by atoms with Crippen LogP contribution in [0.25, 0.3) is 6.08 Å². The predicted molar refractivity (Wildman–Crippen MR) is 113 cm³/mol. The first-order valence-corrected chi connectivity index (χ1v) is 9.97. The first-order chi connectivity index (χ1) is 13.6. The number of hydrogen-bond acceptors (Lipinski definition) is 3. The molecule has 0 bridgehead atoms. The van der Waals surface area contributed by atoms with Gasteiger partial charge in [-0.15, -0.1) is 0 Å². The van der Waals surface area contributed by atoms with Crippen molar-refractivity contribution < 1.29 is 14.3 Å². The topological polar surface area (TPSA) is 47.6 Å². The van der Waals surface area contributed by atoms with Crippen molar-refractivity contribution >= 4 is 12.0 Å². The first kappa shape index (κ1) is 20.0. The molecule has 0 aliphatic heterocycles. The highest BCUT2D eigenvalue weighted by molar-refractivity contribution is 5.92. The molecule has 1 amide bonds. The molecule has 0 unspecified atom stereocenters. The maximum absolute atomic E-state index is 12.5. The standard InChI is InChI=1S/C24H29NO3/c1-4-21(20-12-11-18-7-5-6-8-19(18)16-20)25-24(26)14-10-17-9-13-22(27-2)23(15-17)28-3/h9-16,21H,4-8H2,1-3H3,(H,25,26)/b14-10+/t21-/m0/s1. The molecule has 0 fully saturated rings. The van der Waals surface area contributed by atoms with E-state index in [0.29, 0.717) is 11.5 Å². The van der Waals surface area contributed by atoms with Gasteiger partial charge in [0.15, 0.2) is 11.5 Å². The number of carbonyl (C=O) groups is 1. The Labute approximate surface area is 167 Å². The molecular formula is C24H29NO3. The highest BCUT2D eigenvalue weighted by Crippen LogP contribution is 2.28. The smallest absolute Gasteiger partial charge is 0.244 e. The van der Waals surface area contributed by atoms with Crippen LogP contribution >= 0.6 is 0 Å². The molecule has 1 atom stereocenters. The van der Waals surface area contributed by atoms with Gasteiger partial charge in [-0.3, -0.25) is 4.79 Å². The average molecular weight is 380 g/mol. The van der Waals surface area contributed by atoms with Crippen LogP contribution in [-0.2, 0) is 17.6 Å². The van der Waals surface area contributed by atoms with Crippen molar-refractivity contribution in [3.63, 3.8) is 0 Å². The predicted octanol–water partition coefficient (Wildman–Crippen LogP) is 4.86. The number of amides is 1. The lowest BCUT2D eigenvalue weighted by molar-refractivity contribution is -0.117. The van der Waals surface area contributed by atoms with Crippen LogP contribution in [0.4, 0.5) is 0 Å². The second-order valence-electron chi connectivity index (χ2n) is 7.15. The van der Waals surface area contributed by atoms with Gasteiger partial charge in [0.25, 0.3) is 0 Å². The van der Waals surface area contributed by atoms with Crippen molar-refractivity contribution in [3.05, 3.63) is 64.7 Å². The SMILES string of the molecule is CC[C@H](NC(=O)/C=C/c1ccc(OC)c(OC)c1)c1ccc2c(c1)CCCC2. The minimum absolute atomic E-state index is 0.0229. The van der Waals surface area contributed by atoms with Gasteiger partial charge in [-0.2, -0.15) is 0 Å². The van der Waals surface area contributed by atoms with Gasteiger partial charge in [0.1, 0.15) is 0 Å². The van der Waals surface area contributed by atoms with Crippen LogP contribution in [-0.4, -0.2) is 20.1 Å². The molecule has 0 saturated heterocycles. The van der Waals surface area contributed by atoms with Gasteiger partial charge in [-0.05, 0) is 72.6 Å². The number of ether oxygens (including phenoxy) is 2. The summed E-state index contributed by atoms with van der Waals surface area (Å²) in [5.41, 5.74) is 4.98. The Bertz CT molecular complexity index is 857. The summed E-state index contributed by atoms with van der Waals surface area (Å²) in [6, 6.07) is 12.3. The van der Waals surface area contributed by atoms with E-state index >= 15 is 0 Å². The van der Waals surface area contributed by atoms with E-state index in [1.54, 1.807) is 26.4 Å². The fourth-order valence-corrected chi connectivity index (χ4v) is 3.74. The second-order valence-corrected chi connectivity index (χ2v) is 7.15. The second kappa shape index (κ2) is 9.45. The van der Waals surface area contributed by atoms with Crippen molar-refractivity contribution in [1.82, 2.24) is 5.32 Å². The number of fused-ring (bicyclic) bond motifs is 1. The number of hydrogen-bond donors (Lipinski definition) is 1. The molecule has 1 N–H and O–H groups in total. The summed E-state index contributed by atoms with van der Waals surface area (Å²) < 4.78 is 10.6. The van der Waals surface area contributed by atoms with Crippen molar-refractivity contribution in [2.45, 2.75) is 45.1 Å². The highest BCUT2D eigenvalue weighted by Gasteiger charge is 2.15. The zero-order valence-electron chi connectivity index (χ0n) is 17.0. The maximum atomic E-state index is 12.5. The van der Waals surface area contributed by atoms with E-state index in [-0.39, 0.29) is 11.9 Å². The molecule has 0 aromatic heterocycles. The Morgan fingerprint density at radius 2 is 1.79 bits per heavy atom. The van der Waals surface area contributed by atoms with Crippen LogP contribution in [0.15, 0.2) is 42.5 Å². The number of rotatable bonds is 7. The van der Waals surface area contributed by atoms with Crippen molar-refractivity contribution in [2.24, 2.45) is 0 Å². The average Bonchev–Trinajstić information content (AvgIpc) is 2.75. The van der Waals surface area contributed by atoms with Crippen LogP contribution in [0, 0.1) is 0 Å². The molecule has 4 nitrogen and oxygen atoms in total. The number of methoxy groups -OCH3 is 2. The van der Waals surface area contributed by atoms with E-state index in [1.165, 1.54) is 36.0 Å². The number of nitrogens with one attached hydrogen (secondary N) is 1. The summed E-state index contributed by atoms with van der Waals surface area (Å²) in [7, 11) is 3.20. The lowest BCUT2D eigenvalue weighted by atomic mass is 9.89. The minimum Gasteiger partial charge on any atom is -0.493 e. The summed E-state index contributed by atoms with van der Waals surface area (Å²) in [6.07, 6.45) is 9.07. The van der Waals surface area contributed by atoms with Crippen LogP contribution in [0.5, 0.6) is 11.5 Å². The first-order valence-electron chi connectivity index (χ1n) is 9.97. The van der Waals surface area contributed by atoms with Gasteiger partial charge < -0.3 is 14.8 Å². The summed E-state index contributed by atoms with van der Waals surface area (Å²) in [4.78, 5) is 12.5. The lowest BCUT2D eigenvalue weighted by Gasteiger charge is -2.21. The third kappa shape index (κ3) is 4.75. The van der Waals surface area contributed by atoms with Gasteiger partial charge in [0.05, 0.1) is 20.3 Å². The Morgan fingerprint density at radius 1 is 1.04 bits per heavy atom. The monoisotopic (exact) mass is 379 g/mol. The third-order valence-corrected chi connectivity index (χ3v) is 5.33. The molecule has 4 heteroatoms. The van der Waals surface area contributed by atoms with E-state index in [4.69, 9.17) is 9.47 Å². The third-order valence-electron chi connectivity index (χ3n) is 5.33. The quantitative estimate of drug-likeness (QED) is 0.699. The van der Waals surface area contributed by atoms with Crippen molar-refractivity contribution in [3.8, 4) is 11.5 Å². The molecule has 0 spiro atoms. The molecule has 2 aromatic rings. The fourth-order valence-electron chi connectivity index (χ4n) is 3.74. The Balaban J connectivity index is 1.68. The molecule has 28 heavy (non-hydrogen) atoms. The summed E-state index contributed by atoms with van der Waals surface area (Å²) in [5, 5.41) is 3.13. The summed E-state index contributed by atoms with van der Waals surface area (Å²) in [6.45, 7) is 2.10. The van der Waals surface area contributed by atoms with Gasteiger partial charge in [0, 0.05) is 6.08 Å². The van der Waals surface area contributed by atoms with E-state index in [9.17, 15) is 4.79 Å². The molecule has 1 aliphatic rings. The Kier molecular flexibility index (Phi) is 6.75. The van der Waals surface area contributed by atoms with Crippen LogP contribution in [0.3, 0.4) is 0 Å².